The summed E-state index contributed by atoms with van der Waals surface area (Å²) < 4.78 is 2.09. The molecule has 3 N–H and O–H groups in total. The first-order valence-corrected chi connectivity index (χ1v) is 12.6. The fraction of sp³-hybridized carbons (Fsp3) is 0.310. The first-order valence-electron chi connectivity index (χ1n) is 12.6. The molecule has 1 aliphatic heterocycles. The third kappa shape index (κ3) is 5.93. The van der Waals surface area contributed by atoms with Gasteiger partial charge >= 0.3 is 6.03 Å². The highest BCUT2D eigenvalue weighted by atomic mass is 16.3. The number of aliphatic hydroxyl groups is 1. The van der Waals surface area contributed by atoms with E-state index >= 15 is 0 Å². The van der Waals surface area contributed by atoms with Crippen LogP contribution in [0.25, 0.3) is 11.0 Å². The zero-order chi connectivity index (χ0) is 24.8. The van der Waals surface area contributed by atoms with Gasteiger partial charge in [0.25, 0.3) is 0 Å². The number of nitrogens with one attached hydrogen (secondary N) is 2. The molecule has 0 unspecified atom stereocenters. The molecule has 186 valence electrons. The quantitative estimate of drug-likeness (QED) is 0.349. The van der Waals surface area contributed by atoms with Crippen LogP contribution in [0.5, 0.6) is 0 Å². The summed E-state index contributed by atoms with van der Waals surface area (Å²) in [5.74, 6) is 0. The Morgan fingerprint density at radius 1 is 0.944 bits per heavy atom. The molecule has 7 heteroatoms. The normalized spacial score (nSPS) is 15.6. The lowest BCUT2D eigenvalue weighted by atomic mass is 9.85. The van der Waals surface area contributed by atoms with E-state index in [0.717, 1.165) is 55.7 Å². The number of carbonyl (C=O) groups excluding carboxylic acids is 1. The number of nitrogens with zero attached hydrogens (tertiary/aromatic N) is 3. The third-order valence-corrected chi connectivity index (χ3v) is 6.98. The summed E-state index contributed by atoms with van der Waals surface area (Å²) in [5, 5.41) is 17.8. The SMILES string of the molecule is O=C(NCCN1CCC(O)(Cc2ccccc2)CC1)Nc1ccnc2c1ccn2Cc1ccccc1. The number of pyridine rings is 1. The van der Waals surface area contributed by atoms with E-state index in [1.807, 2.05) is 54.7 Å². The highest BCUT2D eigenvalue weighted by molar-refractivity contribution is 5.99. The number of fused-ring (bicyclic) bond motifs is 1. The molecule has 4 aromatic rings. The second kappa shape index (κ2) is 10.9. The summed E-state index contributed by atoms with van der Waals surface area (Å²) >= 11 is 0. The summed E-state index contributed by atoms with van der Waals surface area (Å²) in [5.41, 5.74) is 3.31. The fourth-order valence-corrected chi connectivity index (χ4v) is 4.95. The molecule has 2 amide bonds. The average Bonchev–Trinajstić information content (AvgIpc) is 3.30. The van der Waals surface area contributed by atoms with Crippen molar-refractivity contribution in [2.45, 2.75) is 31.4 Å². The first-order chi connectivity index (χ1) is 17.6. The van der Waals surface area contributed by atoms with Crippen LogP contribution < -0.4 is 10.6 Å². The van der Waals surface area contributed by atoms with Gasteiger partial charge in [0.1, 0.15) is 5.65 Å². The van der Waals surface area contributed by atoms with Crippen molar-refractivity contribution in [3.63, 3.8) is 0 Å². The molecule has 5 rings (SSSR count). The van der Waals surface area contributed by atoms with Gasteiger partial charge in [-0.05, 0) is 36.1 Å². The Labute approximate surface area is 211 Å². The molecule has 1 aliphatic rings. The lowest BCUT2D eigenvalue weighted by molar-refractivity contribution is -0.0201. The van der Waals surface area contributed by atoms with Crippen molar-refractivity contribution in [3.05, 3.63) is 96.3 Å². The molecule has 2 aromatic carbocycles. The minimum absolute atomic E-state index is 0.226. The fourth-order valence-electron chi connectivity index (χ4n) is 4.95. The standard InChI is InChI=1S/C29H33N5O2/c35-28(31-16-20-33-18-13-29(36,14-19-33)21-23-7-3-1-4-8-23)32-26-11-15-30-27-25(26)12-17-34(27)22-24-9-5-2-6-10-24/h1-12,15,17,36H,13-14,16,18-22H2,(H2,30,31,32,35). The van der Waals surface area contributed by atoms with Gasteiger partial charge in [-0.3, -0.25) is 0 Å². The Hall–Kier alpha value is -3.68. The summed E-state index contributed by atoms with van der Waals surface area (Å²) in [6.45, 7) is 3.68. The van der Waals surface area contributed by atoms with E-state index in [1.54, 1.807) is 6.20 Å². The molecule has 1 fully saturated rings. The number of likely N-dealkylation sites (tertiary alicyclic amines) is 1. The van der Waals surface area contributed by atoms with Crippen LogP contribution in [0.3, 0.4) is 0 Å². The maximum atomic E-state index is 12.6. The molecular formula is C29H33N5O2. The van der Waals surface area contributed by atoms with Gasteiger partial charge in [0.05, 0.1) is 11.3 Å². The van der Waals surface area contributed by atoms with E-state index in [0.29, 0.717) is 13.0 Å². The van der Waals surface area contributed by atoms with Gasteiger partial charge in [0, 0.05) is 56.9 Å². The first kappa shape index (κ1) is 24.0. The third-order valence-electron chi connectivity index (χ3n) is 6.98. The number of hydrogen-bond donors (Lipinski definition) is 3. The van der Waals surface area contributed by atoms with E-state index in [2.05, 4.69) is 49.4 Å². The van der Waals surface area contributed by atoms with Crippen molar-refractivity contribution in [3.8, 4) is 0 Å². The van der Waals surface area contributed by atoms with E-state index < -0.39 is 5.60 Å². The highest BCUT2D eigenvalue weighted by Gasteiger charge is 2.32. The molecule has 0 spiro atoms. The molecule has 0 atom stereocenters. The van der Waals surface area contributed by atoms with Crippen LogP contribution in [0.4, 0.5) is 10.5 Å². The Bertz CT molecular complexity index is 1280. The average molecular weight is 484 g/mol. The zero-order valence-corrected chi connectivity index (χ0v) is 20.4. The lowest BCUT2D eigenvalue weighted by Crippen LogP contribution is -2.47. The second-order valence-electron chi connectivity index (χ2n) is 9.63. The van der Waals surface area contributed by atoms with Crippen LogP contribution >= 0.6 is 0 Å². The van der Waals surface area contributed by atoms with E-state index in [-0.39, 0.29) is 6.03 Å². The van der Waals surface area contributed by atoms with Crippen LogP contribution in [0.15, 0.2) is 85.2 Å². The molecule has 7 nitrogen and oxygen atoms in total. The summed E-state index contributed by atoms with van der Waals surface area (Å²) in [6.07, 6.45) is 5.90. The van der Waals surface area contributed by atoms with Crippen molar-refractivity contribution in [1.29, 1.82) is 0 Å². The number of amides is 2. The number of rotatable bonds is 8. The highest BCUT2D eigenvalue weighted by Crippen LogP contribution is 2.26. The predicted molar refractivity (Wildman–Crippen MR) is 143 cm³/mol. The maximum Gasteiger partial charge on any atom is 0.319 e. The Morgan fingerprint density at radius 3 is 2.36 bits per heavy atom. The van der Waals surface area contributed by atoms with Crippen LogP contribution in [0, 0.1) is 0 Å². The number of carbonyl (C=O) groups is 1. The lowest BCUT2D eigenvalue weighted by Gasteiger charge is -2.38. The van der Waals surface area contributed by atoms with E-state index in [9.17, 15) is 9.90 Å². The smallest absolute Gasteiger partial charge is 0.319 e. The van der Waals surface area contributed by atoms with Gasteiger partial charge in [-0.1, -0.05) is 60.7 Å². The predicted octanol–water partition coefficient (Wildman–Crippen LogP) is 4.28. The minimum atomic E-state index is -0.647. The van der Waals surface area contributed by atoms with Crippen LogP contribution in [0.2, 0.25) is 0 Å². The summed E-state index contributed by atoms with van der Waals surface area (Å²) in [7, 11) is 0. The van der Waals surface area contributed by atoms with Gasteiger partial charge in [-0.15, -0.1) is 0 Å². The van der Waals surface area contributed by atoms with Crippen molar-refractivity contribution < 1.29 is 9.90 Å². The van der Waals surface area contributed by atoms with Crippen molar-refractivity contribution in [2.24, 2.45) is 0 Å². The number of urea groups is 1. The molecule has 0 radical (unpaired) electrons. The molecule has 36 heavy (non-hydrogen) atoms. The number of piperidine rings is 1. The monoisotopic (exact) mass is 483 g/mol. The van der Waals surface area contributed by atoms with Gasteiger partial charge in [0.15, 0.2) is 0 Å². The van der Waals surface area contributed by atoms with Crippen molar-refractivity contribution in [1.82, 2.24) is 19.8 Å². The van der Waals surface area contributed by atoms with Gasteiger partial charge in [0.2, 0.25) is 0 Å². The zero-order valence-electron chi connectivity index (χ0n) is 20.4. The second-order valence-corrected chi connectivity index (χ2v) is 9.63. The van der Waals surface area contributed by atoms with Crippen molar-refractivity contribution in [2.75, 3.05) is 31.5 Å². The Balaban J connectivity index is 1.09. The topological polar surface area (TPSA) is 82.4 Å². The van der Waals surface area contributed by atoms with Crippen LogP contribution in [-0.4, -0.2) is 57.4 Å². The van der Waals surface area contributed by atoms with E-state index in [1.165, 1.54) is 11.1 Å². The largest absolute Gasteiger partial charge is 0.389 e. The van der Waals surface area contributed by atoms with Gasteiger partial charge in [-0.2, -0.15) is 0 Å². The summed E-state index contributed by atoms with van der Waals surface area (Å²) in [6, 6.07) is 24.0. The maximum absolute atomic E-state index is 12.6. The Morgan fingerprint density at radius 2 is 1.64 bits per heavy atom. The number of anilines is 1. The van der Waals surface area contributed by atoms with Gasteiger partial charge in [-0.25, -0.2) is 9.78 Å². The number of aromatic nitrogens is 2. The van der Waals surface area contributed by atoms with Crippen LogP contribution in [0.1, 0.15) is 24.0 Å². The van der Waals surface area contributed by atoms with Gasteiger partial charge < -0.3 is 25.2 Å². The summed E-state index contributed by atoms with van der Waals surface area (Å²) in [4.78, 5) is 19.4. The molecule has 2 aromatic heterocycles. The molecule has 0 bridgehead atoms. The molecule has 0 saturated carbocycles. The van der Waals surface area contributed by atoms with E-state index in [4.69, 9.17) is 0 Å². The Kier molecular flexibility index (Phi) is 7.30. The van der Waals surface area contributed by atoms with Crippen LogP contribution in [-0.2, 0) is 13.0 Å². The molecule has 3 heterocycles. The minimum Gasteiger partial charge on any atom is -0.389 e. The number of benzene rings is 2. The van der Waals surface area contributed by atoms with Crippen molar-refractivity contribution >= 4 is 22.8 Å². The number of hydrogen-bond acceptors (Lipinski definition) is 4. The molecule has 0 aliphatic carbocycles. The molecular weight excluding hydrogens is 450 g/mol. The molecule has 1 saturated heterocycles.